The number of aliphatic hydroxyl groups excluding tert-OH is 1. The number of nitrogens with zero attached hydrogens (tertiary/aromatic N) is 2. The van der Waals surface area contributed by atoms with E-state index in [2.05, 4.69) is 4.98 Å². The molecule has 1 aromatic heterocycles. The van der Waals surface area contributed by atoms with Crippen LogP contribution in [0.1, 0.15) is 6.42 Å². The van der Waals surface area contributed by atoms with Gasteiger partial charge >= 0.3 is 0 Å². The highest BCUT2D eigenvalue weighted by molar-refractivity contribution is 6.04. The number of hydrogen-bond donors (Lipinski definition) is 1. The van der Waals surface area contributed by atoms with Crippen molar-refractivity contribution < 1.29 is 9.90 Å². The predicted octanol–water partition coefficient (Wildman–Crippen LogP) is 1.58. The second-order valence-corrected chi connectivity index (χ2v) is 4.63. The number of benzene rings is 1. The molecule has 3 rings (SSSR count). The Bertz CT molecular complexity index is 592. The van der Waals surface area contributed by atoms with Crippen LogP contribution in [0.3, 0.4) is 0 Å². The van der Waals surface area contributed by atoms with Crippen LogP contribution in [0.2, 0.25) is 0 Å². The van der Waals surface area contributed by atoms with Crippen LogP contribution in [-0.2, 0) is 4.79 Å². The summed E-state index contributed by atoms with van der Waals surface area (Å²) in [5.41, 5.74) is 0.890. The highest BCUT2D eigenvalue weighted by Crippen LogP contribution is 2.30. The fraction of sp³-hybridized carbons (Fsp3) is 0.286. The molecule has 1 aromatic carbocycles. The molecule has 1 N–H and O–H groups in total. The first-order valence-electron chi connectivity index (χ1n) is 6.03. The maximum absolute atomic E-state index is 12.0. The standard InChI is InChI=1S/C14H14N2O2/c17-9-10-6-14(18)16(8-10)13-3-1-2-11-4-5-15-7-12(11)13/h1-5,7,10,17H,6,8-9H2. The molecule has 0 spiro atoms. The minimum Gasteiger partial charge on any atom is -0.396 e. The highest BCUT2D eigenvalue weighted by Gasteiger charge is 2.30. The molecule has 1 saturated heterocycles. The van der Waals surface area contributed by atoms with Crippen molar-refractivity contribution in [3.05, 3.63) is 36.7 Å². The molecular weight excluding hydrogens is 228 g/mol. The van der Waals surface area contributed by atoms with Gasteiger partial charge in [0.2, 0.25) is 5.91 Å². The van der Waals surface area contributed by atoms with Crippen LogP contribution in [0.15, 0.2) is 36.7 Å². The number of amides is 1. The fourth-order valence-electron chi connectivity index (χ4n) is 2.47. The third-order valence-electron chi connectivity index (χ3n) is 3.41. The second kappa shape index (κ2) is 4.38. The third-order valence-corrected chi connectivity index (χ3v) is 3.41. The molecule has 4 heteroatoms. The Kier molecular flexibility index (Phi) is 2.72. The van der Waals surface area contributed by atoms with Gasteiger partial charge in [-0.2, -0.15) is 0 Å². The first-order valence-corrected chi connectivity index (χ1v) is 6.03. The van der Waals surface area contributed by atoms with Gasteiger partial charge in [-0.25, -0.2) is 0 Å². The zero-order chi connectivity index (χ0) is 12.5. The van der Waals surface area contributed by atoms with Crippen LogP contribution in [0, 0.1) is 5.92 Å². The normalized spacial score (nSPS) is 19.7. The van der Waals surface area contributed by atoms with Crippen LogP contribution < -0.4 is 4.90 Å². The lowest BCUT2D eigenvalue weighted by molar-refractivity contribution is -0.117. The molecule has 1 amide bonds. The Morgan fingerprint density at radius 1 is 1.39 bits per heavy atom. The number of pyridine rings is 1. The van der Waals surface area contributed by atoms with Gasteiger partial charge in [0, 0.05) is 43.3 Å². The number of aromatic nitrogens is 1. The molecule has 1 unspecified atom stereocenters. The molecule has 92 valence electrons. The van der Waals surface area contributed by atoms with E-state index in [4.69, 9.17) is 0 Å². The maximum Gasteiger partial charge on any atom is 0.227 e. The van der Waals surface area contributed by atoms with Crippen molar-refractivity contribution in [2.24, 2.45) is 5.92 Å². The van der Waals surface area contributed by atoms with E-state index in [1.807, 2.05) is 24.3 Å². The highest BCUT2D eigenvalue weighted by atomic mass is 16.3. The van der Waals surface area contributed by atoms with Crippen molar-refractivity contribution in [3.8, 4) is 0 Å². The molecule has 1 atom stereocenters. The molecule has 2 aromatic rings. The average molecular weight is 242 g/mol. The molecule has 4 nitrogen and oxygen atoms in total. The summed E-state index contributed by atoms with van der Waals surface area (Å²) in [6.45, 7) is 0.647. The van der Waals surface area contributed by atoms with E-state index in [1.54, 1.807) is 17.3 Å². The summed E-state index contributed by atoms with van der Waals surface area (Å²) in [5, 5.41) is 11.2. The summed E-state index contributed by atoms with van der Waals surface area (Å²) in [4.78, 5) is 17.9. The summed E-state index contributed by atoms with van der Waals surface area (Å²) in [6.07, 6.45) is 3.95. The SMILES string of the molecule is O=C1CC(CO)CN1c1cccc2ccncc12. The van der Waals surface area contributed by atoms with Gasteiger partial charge in [0.25, 0.3) is 0 Å². The summed E-state index contributed by atoms with van der Waals surface area (Å²) >= 11 is 0. The van der Waals surface area contributed by atoms with Crippen molar-refractivity contribution in [2.45, 2.75) is 6.42 Å². The minimum atomic E-state index is 0.0458. The van der Waals surface area contributed by atoms with Crippen molar-refractivity contribution in [1.29, 1.82) is 0 Å². The molecule has 1 fully saturated rings. The van der Waals surface area contributed by atoms with Gasteiger partial charge in [-0.1, -0.05) is 12.1 Å². The van der Waals surface area contributed by atoms with Gasteiger partial charge < -0.3 is 10.0 Å². The van der Waals surface area contributed by atoms with Crippen LogP contribution in [0.25, 0.3) is 10.8 Å². The number of aliphatic hydroxyl groups is 1. The number of rotatable bonds is 2. The molecule has 1 aliphatic heterocycles. The van der Waals surface area contributed by atoms with E-state index >= 15 is 0 Å². The van der Waals surface area contributed by atoms with E-state index in [-0.39, 0.29) is 18.4 Å². The molecular formula is C14H14N2O2. The average Bonchev–Trinajstić information content (AvgIpc) is 2.79. The van der Waals surface area contributed by atoms with Crippen molar-refractivity contribution in [2.75, 3.05) is 18.1 Å². The van der Waals surface area contributed by atoms with Crippen LogP contribution in [0.5, 0.6) is 0 Å². The van der Waals surface area contributed by atoms with E-state index < -0.39 is 0 Å². The molecule has 0 aliphatic carbocycles. The Labute approximate surface area is 105 Å². The summed E-state index contributed by atoms with van der Waals surface area (Å²) in [5.74, 6) is 0.120. The lowest BCUT2D eigenvalue weighted by atomic mass is 10.1. The van der Waals surface area contributed by atoms with E-state index in [9.17, 15) is 9.90 Å². The van der Waals surface area contributed by atoms with Gasteiger partial charge in [-0.05, 0) is 17.5 Å². The second-order valence-electron chi connectivity index (χ2n) is 4.63. The smallest absolute Gasteiger partial charge is 0.227 e. The molecule has 2 heterocycles. The van der Waals surface area contributed by atoms with Crippen LogP contribution >= 0.6 is 0 Å². The first kappa shape index (κ1) is 11.2. The summed E-state index contributed by atoms with van der Waals surface area (Å²) in [7, 11) is 0. The number of fused-ring (bicyclic) bond motifs is 1. The lowest BCUT2D eigenvalue weighted by Gasteiger charge is -2.18. The lowest BCUT2D eigenvalue weighted by Crippen LogP contribution is -2.25. The molecule has 0 saturated carbocycles. The van der Waals surface area contributed by atoms with Gasteiger partial charge in [0.15, 0.2) is 0 Å². The first-order chi connectivity index (χ1) is 8.79. The fourth-order valence-corrected chi connectivity index (χ4v) is 2.47. The molecule has 1 aliphatic rings. The Balaban J connectivity index is 2.07. The molecule has 0 bridgehead atoms. The van der Waals surface area contributed by atoms with Crippen molar-refractivity contribution in [1.82, 2.24) is 4.98 Å². The zero-order valence-electron chi connectivity index (χ0n) is 9.91. The quantitative estimate of drug-likeness (QED) is 0.870. The number of hydrogen-bond acceptors (Lipinski definition) is 3. The Morgan fingerprint density at radius 2 is 2.28 bits per heavy atom. The Morgan fingerprint density at radius 3 is 3.06 bits per heavy atom. The predicted molar refractivity (Wildman–Crippen MR) is 69.3 cm³/mol. The topological polar surface area (TPSA) is 53.4 Å². The number of carbonyl (C=O) groups is 1. The zero-order valence-corrected chi connectivity index (χ0v) is 9.91. The minimum absolute atomic E-state index is 0.0458. The van der Waals surface area contributed by atoms with Crippen LogP contribution in [0.4, 0.5) is 5.69 Å². The molecule has 0 radical (unpaired) electrons. The molecule has 18 heavy (non-hydrogen) atoms. The van der Waals surface area contributed by atoms with Crippen molar-refractivity contribution >= 4 is 22.4 Å². The Hall–Kier alpha value is -1.94. The van der Waals surface area contributed by atoms with E-state index in [0.717, 1.165) is 16.5 Å². The number of anilines is 1. The van der Waals surface area contributed by atoms with Gasteiger partial charge in [0.05, 0.1) is 5.69 Å². The van der Waals surface area contributed by atoms with Crippen LogP contribution in [-0.4, -0.2) is 29.1 Å². The van der Waals surface area contributed by atoms with Crippen molar-refractivity contribution in [3.63, 3.8) is 0 Å². The summed E-state index contributed by atoms with van der Waals surface area (Å²) in [6, 6.07) is 7.81. The monoisotopic (exact) mass is 242 g/mol. The number of carbonyl (C=O) groups excluding carboxylic acids is 1. The van der Waals surface area contributed by atoms with E-state index in [1.165, 1.54) is 0 Å². The van der Waals surface area contributed by atoms with Gasteiger partial charge in [-0.3, -0.25) is 9.78 Å². The summed E-state index contributed by atoms with van der Waals surface area (Å²) < 4.78 is 0. The van der Waals surface area contributed by atoms with Gasteiger partial charge in [0.1, 0.15) is 0 Å². The van der Waals surface area contributed by atoms with E-state index in [0.29, 0.717) is 13.0 Å². The van der Waals surface area contributed by atoms with Gasteiger partial charge in [-0.15, -0.1) is 0 Å². The largest absolute Gasteiger partial charge is 0.396 e. The maximum atomic E-state index is 12.0. The third kappa shape index (κ3) is 1.75.